The maximum Gasteiger partial charge on any atom is 0.407 e. The molecule has 8 heteroatoms. The van der Waals surface area contributed by atoms with Crippen LogP contribution in [-0.2, 0) is 0 Å². The Morgan fingerprint density at radius 2 is 2.00 bits per heavy atom. The SMILES string of the molecule is O=C(O)N1CCC(c2ncnc3cc(OCCN4CCCC4CO)ccc23)CC1. The number of nitrogens with zero attached hydrogens (tertiary/aromatic N) is 4. The van der Waals surface area contributed by atoms with Gasteiger partial charge >= 0.3 is 6.09 Å². The number of likely N-dealkylation sites (tertiary alicyclic amines) is 2. The highest BCUT2D eigenvalue weighted by Gasteiger charge is 2.26. The molecule has 156 valence electrons. The van der Waals surface area contributed by atoms with Gasteiger partial charge in [0.25, 0.3) is 0 Å². The molecule has 0 saturated carbocycles. The van der Waals surface area contributed by atoms with Crippen LogP contribution in [0.25, 0.3) is 10.9 Å². The van der Waals surface area contributed by atoms with Gasteiger partial charge in [0.15, 0.2) is 0 Å². The van der Waals surface area contributed by atoms with E-state index in [0.717, 1.165) is 61.1 Å². The molecule has 1 aromatic heterocycles. The molecule has 0 bridgehead atoms. The summed E-state index contributed by atoms with van der Waals surface area (Å²) < 4.78 is 5.94. The molecule has 2 fully saturated rings. The summed E-state index contributed by atoms with van der Waals surface area (Å²) in [6.07, 6.45) is 4.47. The first-order valence-electron chi connectivity index (χ1n) is 10.4. The largest absolute Gasteiger partial charge is 0.492 e. The number of benzene rings is 1. The Labute approximate surface area is 170 Å². The molecule has 1 amide bonds. The Morgan fingerprint density at radius 3 is 2.76 bits per heavy atom. The Balaban J connectivity index is 1.40. The summed E-state index contributed by atoms with van der Waals surface area (Å²) in [4.78, 5) is 23.8. The van der Waals surface area contributed by atoms with Crippen LogP contribution in [0, 0.1) is 0 Å². The van der Waals surface area contributed by atoms with Crippen LogP contribution in [0.1, 0.15) is 37.3 Å². The van der Waals surface area contributed by atoms with E-state index in [-0.39, 0.29) is 18.6 Å². The summed E-state index contributed by atoms with van der Waals surface area (Å²) >= 11 is 0. The molecule has 2 N–H and O–H groups in total. The third kappa shape index (κ3) is 4.43. The first kappa shape index (κ1) is 19.8. The number of aliphatic hydroxyl groups is 1. The third-order valence-corrected chi connectivity index (χ3v) is 6.15. The van der Waals surface area contributed by atoms with Crippen molar-refractivity contribution < 1.29 is 19.7 Å². The molecule has 2 aliphatic rings. The van der Waals surface area contributed by atoms with Gasteiger partial charge in [-0.15, -0.1) is 0 Å². The number of rotatable bonds is 6. The van der Waals surface area contributed by atoms with Gasteiger partial charge in [0.1, 0.15) is 18.7 Å². The number of aromatic nitrogens is 2. The molecule has 0 radical (unpaired) electrons. The predicted molar refractivity (Wildman–Crippen MR) is 108 cm³/mol. The van der Waals surface area contributed by atoms with E-state index < -0.39 is 6.09 Å². The highest BCUT2D eigenvalue weighted by molar-refractivity contribution is 5.82. The highest BCUT2D eigenvalue weighted by Crippen LogP contribution is 2.32. The van der Waals surface area contributed by atoms with E-state index in [1.807, 2.05) is 18.2 Å². The molecule has 0 aliphatic carbocycles. The molecule has 0 spiro atoms. The van der Waals surface area contributed by atoms with Gasteiger partial charge in [-0.05, 0) is 44.4 Å². The molecule has 1 unspecified atom stereocenters. The molecule has 1 aromatic carbocycles. The molecule has 2 saturated heterocycles. The number of hydrogen-bond acceptors (Lipinski definition) is 6. The van der Waals surface area contributed by atoms with Crippen molar-refractivity contribution in [1.29, 1.82) is 0 Å². The van der Waals surface area contributed by atoms with Crippen molar-refractivity contribution in [2.75, 3.05) is 39.4 Å². The van der Waals surface area contributed by atoms with Gasteiger partial charge in [-0.3, -0.25) is 4.90 Å². The van der Waals surface area contributed by atoms with Crippen molar-refractivity contribution in [3.8, 4) is 5.75 Å². The van der Waals surface area contributed by atoms with E-state index in [1.54, 1.807) is 6.33 Å². The van der Waals surface area contributed by atoms with E-state index in [1.165, 1.54) is 4.90 Å². The lowest BCUT2D eigenvalue weighted by Gasteiger charge is -2.30. The first-order chi connectivity index (χ1) is 14.2. The Morgan fingerprint density at radius 1 is 1.17 bits per heavy atom. The lowest BCUT2D eigenvalue weighted by Crippen LogP contribution is -2.37. The van der Waals surface area contributed by atoms with Gasteiger partial charge in [-0.1, -0.05) is 0 Å². The fourth-order valence-corrected chi connectivity index (χ4v) is 4.49. The second-order valence-corrected chi connectivity index (χ2v) is 7.84. The minimum Gasteiger partial charge on any atom is -0.492 e. The standard InChI is InChI=1S/C21H28N4O4/c26-13-16-2-1-7-24(16)10-11-29-17-3-4-18-19(12-17)22-14-23-20(18)15-5-8-25(9-6-15)21(27)28/h3-4,12,14-16,26H,1-2,5-11,13H2,(H,27,28). The van der Waals surface area contributed by atoms with Crippen molar-refractivity contribution in [1.82, 2.24) is 19.8 Å². The van der Waals surface area contributed by atoms with Crippen LogP contribution in [0.3, 0.4) is 0 Å². The fourth-order valence-electron chi connectivity index (χ4n) is 4.49. The van der Waals surface area contributed by atoms with Crippen molar-refractivity contribution in [2.45, 2.75) is 37.6 Å². The quantitative estimate of drug-likeness (QED) is 0.768. The number of piperidine rings is 1. The minimum atomic E-state index is -0.850. The van der Waals surface area contributed by atoms with E-state index in [9.17, 15) is 9.90 Å². The lowest BCUT2D eigenvalue weighted by atomic mass is 9.91. The van der Waals surface area contributed by atoms with Gasteiger partial charge in [-0.25, -0.2) is 14.8 Å². The number of carboxylic acid groups (broad SMARTS) is 1. The average Bonchev–Trinajstić information content (AvgIpc) is 3.21. The summed E-state index contributed by atoms with van der Waals surface area (Å²) in [7, 11) is 0. The fraction of sp³-hybridized carbons (Fsp3) is 0.571. The van der Waals surface area contributed by atoms with Gasteiger partial charge in [0.05, 0.1) is 17.8 Å². The van der Waals surface area contributed by atoms with E-state index in [0.29, 0.717) is 19.7 Å². The molecule has 2 aromatic rings. The monoisotopic (exact) mass is 400 g/mol. The molecular weight excluding hydrogens is 372 g/mol. The zero-order chi connectivity index (χ0) is 20.2. The molecule has 29 heavy (non-hydrogen) atoms. The van der Waals surface area contributed by atoms with E-state index in [2.05, 4.69) is 14.9 Å². The second kappa shape index (κ2) is 8.92. The summed E-state index contributed by atoms with van der Waals surface area (Å²) in [6, 6.07) is 6.17. The molecule has 8 nitrogen and oxygen atoms in total. The summed E-state index contributed by atoms with van der Waals surface area (Å²) in [6.45, 7) is 3.69. The smallest absolute Gasteiger partial charge is 0.407 e. The number of carbonyl (C=O) groups is 1. The number of ether oxygens (including phenoxy) is 1. The van der Waals surface area contributed by atoms with Crippen LogP contribution in [0.5, 0.6) is 5.75 Å². The molecule has 2 aliphatic heterocycles. The number of amides is 1. The Kier molecular flexibility index (Phi) is 6.10. The Hall–Kier alpha value is -2.45. The normalized spacial score (nSPS) is 21.0. The van der Waals surface area contributed by atoms with Gasteiger partial charge in [0.2, 0.25) is 0 Å². The van der Waals surface area contributed by atoms with Crippen LogP contribution < -0.4 is 4.74 Å². The first-order valence-corrected chi connectivity index (χ1v) is 10.4. The highest BCUT2D eigenvalue weighted by atomic mass is 16.5. The van der Waals surface area contributed by atoms with Crippen LogP contribution in [0.4, 0.5) is 4.79 Å². The minimum absolute atomic E-state index is 0.209. The van der Waals surface area contributed by atoms with Crippen molar-refractivity contribution in [3.05, 3.63) is 30.2 Å². The van der Waals surface area contributed by atoms with Crippen molar-refractivity contribution >= 4 is 17.0 Å². The van der Waals surface area contributed by atoms with Gasteiger partial charge < -0.3 is 19.8 Å². The molecular formula is C21H28N4O4. The number of fused-ring (bicyclic) bond motifs is 1. The molecule has 3 heterocycles. The van der Waals surface area contributed by atoms with Gasteiger partial charge in [-0.2, -0.15) is 0 Å². The maximum atomic E-state index is 11.1. The summed E-state index contributed by atoms with van der Waals surface area (Å²) in [5, 5.41) is 19.6. The van der Waals surface area contributed by atoms with Gasteiger partial charge in [0, 0.05) is 43.0 Å². The second-order valence-electron chi connectivity index (χ2n) is 7.84. The summed E-state index contributed by atoms with van der Waals surface area (Å²) in [5.41, 5.74) is 1.84. The zero-order valence-corrected chi connectivity index (χ0v) is 16.5. The average molecular weight is 400 g/mol. The van der Waals surface area contributed by atoms with Crippen LogP contribution in [0.15, 0.2) is 24.5 Å². The zero-order valence-electron chi connectivity index (χ0n) is 16.5. The lowest BCUT2D eigenvalue weighted by molar-refractivity contribution is 0.132. The van der Waals surface area contributed by atoms with Crippen LogP contribution >= 0.6 is 0 Å². The van der Waals surface area contributed by atoms with Crippen molar-refractivity contribution in [3.63, 3.8) is 0 Å². The van der Waals surface area contributed by atoms with Crippen molar-refractivity contribution in [2.24, 2.45) is 0 Å². The maximum absolute atomic E-state index is 11.1. The molecule has 4 rings (SSSR count). The number of aliphatic hydroxyl groups excluding tert-OH is 1. The predicted octanol–water partition coefficient (Wildman–Crippen LogP) is 2.32. The van der Waals surface area contributed by atoms with E-state index in [4.69, 9.17) is 9.84 Å². The van der Waals surface area contributed by atoms with Crippen LogP contribution in [0.2, 0.25) is 0 Å². The Bertz CT molecular complexity index is 854. The summed E-state index contributed by atoms with van der Waals surface area (Å²) in [5.74, 6) is 1.02. The number of hydrogen-bond donors (Lipinski definition) is 2. The molecule has 1 atom stereocenters. The van der Waals surface area contributed by atoms with E-state index >= 15 is 0 Å². The topological polar surface area (TPSA) is 99.0 Å². The third-order valence-electron chi connectivity index (χ3n) is 6.15. The van der Waals surface area contributed by atoms with Crippen LogP contribution in [-0.4, -0.2) is 81.5 Å².